The second-order valence-corrected chi connectivity index (χ2v) is 7.23. The van der Waals surface area contributed by atoms with Gasteiger partial charge in [0, 0.05) is 30.8 Å². The van der Waals surface area contributed by atoms with Crippen LogP contribution in [0.4, 0.5) is 0 Å². The molecule has 3 amide bonds. The molecule has 0 bridgehead atoms. The van der Waals surface area contributed by atoms with Crippen LogP contribution in [0, 0.1) is 12.3 Å². The van der Waals surface area contributed by atoms with E-state index in [0.29, 0.717) is 18.7 Å². The monoisotopic (exact) mass is 365 g/mol. The zero-order valence-electron chi connectivity index (χ0n) is 14.9. The Kier molecular flexibility index (Phi) is 3.95. The van der Waals surface area contributed by atoms with Crippen LogP contribution in [0.5, 0.6) is 0 Å². The van der Waals surface area contributed by atoms with Crippen LogP contribution < -0.4 is 10.9 Å². The first-order valence-corrected chi connectivity index (χ1v) is 8.82. The van der Waals surface area contributed by atoms with Gasteiger partial charge in [-0.3, -0.25) is 24.5 Å². The number of amides is 3. The van der Waals surface area contributed by atoms with E-state index in [2.05, 4.69) is 10.3 Å². The van der Waals surface area contributed by atoms with E-state index in [-0.39, 0.29) is 30.3 Å². The average molecular weight is 365 g/mol. The van der Waals surface area contributed by atoms with E-state index in [9.17, 15) is 19.2 Å². The fourth-order valence-electron chi connectivity index (χ4n) is 3.94. The minimum Gasteiger partial charge on any atom is -0.337 e. The number of carbonyl (C=O) groups excluding carboxylic acids is 3. The Morgan fingerprint density at radius 1 is 1.15 bits per heavy atom. The number of rotatable bonds is 2. The third-order valence-electron chi connectivity index (χ3n) is 5.43. The number of benzene rings is 1. The summed E-state index contributed by atoms with van der Waals surface area (Å²) in [6, 6.07) is 11.1. The number of pyridine rings is 1. The largest absolute Gasteiger partial charge is 0.337 e. The third kappa shape index (κ3) is 2.85. The molecular weight excluding hydrogens is 346 g/mol. The van der Waals surface area contributed by atoms with Crippen LogP contribution in [0.1, 0.15) is 28.9 Å². The van der Waals surface area contributed by atoms with Crippen molar-refractivity contribution in [2.45, 2.75) is 19.8 Å². The van der Waals surface area contributed by atoms with Gasteiger partial charge in [0.05, 0.1) is 5.41 Å². The molecule has 2 aliphatic rings. The summed E-state index contributed by atoms with van der Waals surface area (Å²) in [4.78, 5) is 53.3. The van der Waals surface area contributed by atoms with Crippen LogP contribution in [-0.4, -0.2) is 40.7 Å². The van der Waals surface area contributed by atoms with Crippen molar-refractivity contribution in [1.82, 2.24) is 15.2 Å². The standard InChI is InChI=1S/C20H19N3O4/c1-12-14(13-5-3-2-4-6-13)9-15(17(25)21-12)18(26)23-8-7-20(11-23)10-16(24)22-19(20)27/h2-6,9H,7-8,10-11H2,1H3,(H,21,25)(H,22,24,27). The minimum atomic E-state index is -0.855. The summed E-state index contributed by atoms with van der Waals surface area (Å²) in [5, 5.41) is 2.31. The fourth-order valence-corrected chi connectivity index (χ4v) is 3.94. The highest BCUT2D eigenvalue weighted by Gasteiger charge is 2.52. The number of hydrogen-bond donors (Lipinski definition) is 2. The van der Waals surface area contributed by atoms with Gasteiger partial charge >= 0.3 is 0 Å². The Labute approximate surface area is 155 Å². The Hall–Kier alpha value is -3.22. The highest BCUT2D eigenvalue weighted by molar-refractivity contribution is 6.07. The number of hydrogen-bond acceptors (Lipinski definition) is 4. The van der Waals surface area contributed by atoms with Gasteiger partial charge in [0.1, 0.15) is 5.56 Å². The second-order valence-electron chi connectivity index (χ2n) is 7.23. The topological polar surface area (TPSA) is 99.3 Å². The lowest BCUT2D eigenvalue weighted by Gasteiger charge is -2.20. The number of imide groups is 1. The molecule has 3 heterocycles. The Morgan fingerprint density at radius 3 is 2.56 bits per heavy atom. The van der Waals surface area contributed by atoms with Crippen molar-refractivity contribution >= 4 is 17.7 Å². The molecule has 1 aromatic carbocycles. The molecule has 2 aliphatic heterocycles. The van der Waals surface area contributed by atoms with Crippen LogP contribution >= 0.6 is 0 Å². The van der Waals surface area contributed by atoms with Crippen LogP contribution in [0.3, 0.4) is 0 Å². The zero-order chi connectivity index (χ0) is 19.2. The summed E-state index contributed by atoms with van der Waals surface area (Å²) in [5.41, 5.74) is 1.10. The van der Waals surface area contributed by atoms with Gasteiger partial charge in [-0.2, -0.15) is 0 Å². The van der Waals surface area contributed by atoms with Crippen molar-refractivity contribution in [2.24, 2.45) is 5.41 Å². The van der Waals surface area contributed by atoms with E-state index < -0.39 is 16.9 Å². The molecule has 7 heteroatoms. The molecule has 138 valence electrons. The van der Waals surface area contributed by atoms with E-state index >= 15 is 0 Å². The van der Waals surface area contributed by atoms with Gasteiger partial charge in [-0.25, -0.2) is 0 Å². The van der Waals surface area contributed by atoms with Crippen LogP contribution in [0.2, 0.25) is 0 Å². The number of carbonyl (C=O) groups is 3. The number of likely N-dealkylation sites (tertiary alicyclic amines) is 1. The van der Waals surface area contributed by atoms with E-state index in [0.717, 1.165) is 11.1 Å². The molecule has 7 nitrogen and oxygen atoms in total. The first-order valence-electron chi connectivity index (χ1n) is 8.82. The molecule has 27 heavy (non-hydrogen) atoms. The van der Waals surface area contributed by atoms with Crippen molar-refractivity contribution in [1.29, 1.82) is 0 Å². The maximum Gasteiger partial charge on any atom is 0.261 e. The third-order valence-corrected chi connectivity index (χ3v) is 5.43. The van der Waals surface area contributed by atoms with Crippen molar-refractivity contribution in [2.75, 3.05) is 13.1 Å². The molecule has 0 aliphatic carbocycles. The SMILES string of the molecule is Cc1[nH]c(=O)c(C(=O)N2CCC3(CC(=O)NC3=O)C2)cc1-c1ccccc1. The number of aryl methyl sites for hydroxylation is 1. The summed E-state index contributed by atoms with van der Waals surface area (Å²) >= 11 is 0. The molecule has 2 fully saturated rings. The molecule has 0 saturated carbocycles. The van der Waals surface area contributed by atoms with Gasteiger partial charge in [-0.05, 0) is 25.0 Å². The van der Waals surface area contributed by atoms with Gasteiger partial charge in [-0.1, -0.05) is 30.3 Å². The van der Waals surface area contributed by atoms with Gasteiger partial charge in [0.25, 0.3) is 11.5 Å². The fraction of sp³-hybridized carbons (Fsp3) is 0.300. The van der Waals surface area contributed by atoms with E-state index in [1.807, 2.05) is 30.3 Å². The second kappa shape index (κ2) is 6.19. The molecule has 0 radical (unpaired) electrons. The highest BCUT2D eigenvalue weighted by Crippen LogP contribution is 2.38. The lowest BCUT2D eigenvalue weighted by Crippen LogP contribution is -2.38. The number of aromatic nitrogens is 1. The summed E-state index contributed by atoms with van der Waals surface area (Å²) in [6.07, 6.45) is 0.515. The molecule has 1 aromatic heterocycles. The Balaban J connectivity index is 1.66. The van der Waals surface area contributed by atoms with Crippen molar-refractivity contribution in [3.05, 3.63) is 58.0 Å². The average Bonchev–Trinajstić information content (AvgIpc) is 3.18. The summed E-state index contributed by atoms with van der Waals surface area (Å²) < 4.78 is 0. The number of aromatic amines is 1. The highest BCUT2D eigenvalue weighted by atomic mass is 16.2. The van der Waals surface area contributed by atoms with Crippen molar-refractivity contribution in [3.8, 4) is 11.1 Å². The zero-order valence-corrected chi connectivity index (χ0v) is 14.9. The predicted octanol–water partition coefficient (Wildman–Crippen LogP) is 1.23. The molecule has 4 rings (SSSR count). The number of H-pyrrole nitrogens is 1. The first kappa shape index (κ1) is 17.2. The number of nitrogens with one attached hydrogen (secondary N) is 2. The van der Waals surface area contributed by atoms with E-state index in [1.54, 1.807) is 13.0 Å². The smallest absolute Gasteiger partial charge is 0.261 e. The molecule has 2 saturated heterocycles. The van der Waals surface area contributed by atoms with Crippen LogP contribution in [0.15, 0.2) is 41.2 Å². The molecule has 1 spiro atoms. The molecule has 2 N–H and O–H groups in total. The van der Waals surface area contributed by atoms with Crippen LogP contribution in [0.25, 0.3) is 11.1 Å². The maximum atomic E-state index is 13.0. The summed E-state index contributed by atoms with van der Waals surface area (Å²) in [7, 11) is 0. The van der Waals surface area contributed by atoms with Gasteiger partial charge in [0.15, 0.2) is 0 Å². The van der Waals surface area contributed by atoms with Gasteiger partial charge < -0.3 is 9.88 Å². The number of nitrogens with zero attached hydrogens (tertiary/aromatic N) is 1. The molecule has 1 atom stereocenters. The molecule has 2 aromatic rings. The predicted molar refractivity (Wildman–Crippen MR) is 98.0 cm³/mol. The minimum absolute atomic E-state index is 0.0428. The first-order chi connectivity index (χ1) is 12.9. The van der Waals surface area contributed by atoms with E-state index in [1.165, 1.54) is 4.90 Å². The Morgan fingerprint density at radius 2 is 1.89 bits per heavy atom. The lowest BCUT2D eigenvalue weighted by atomic mass is 9.85. The molecule has 1 unspecified atom stereocenters. The van der Waals surface area contributed by atoms with Gasteiger partial charge in [-0.15, -0.1) is 0 Å². The lowest BCUT2D eigenvalue weighted by molar-refractivity contribution is -0.128. The van der Waals surface area contributed by atoms with Crippen LogP contribution in [-0.2, 0) is 9.59 Å². The Bertz CT molecular complexity index is 1010. The maximum absolute atomic E-state index is 13.0. The van der Waals surface area contributed by atoms with Gasteiger partial charge in [0.2, 0.25) is 11.8 Å². The quantitative estimate of drug-likeness (QED) is 0.782. The van der Waals surface area contributed by atoms with Crippen molar-refractivity contribution in [3.63, 3.8) is 0 Å². The molecular formula is C20H19N3O4. The summed E-state index contributed by atoms with van der Waals surface area (Å²) in [6.45, 7) is 2.28. The summed E-state index contributed by atoms with van der Waals surface area (Å²) in [5.74, 6) is -1.06. The van der Waals surface area contributed by atoms with Crippen molar-refractivity contribution < 1.29 is 14.4 Å². The normalized spacial score (nSPS) is 21.7. The van der Waals surface area contributed by atoms with E-state index in [4.69, 9.17) is 0 Å².